The van der Waals surface area contributed by atoms with Gasteiger partial charge in [-0.05, 0) is 26.0 Å². The second kappa shape index (κ2) is 7.83. The molecule has 2 aromatic heterocycles. The van der Waals surface area contributed by atoms with Crippen LogP contribution in [0.2, 0.25) is 0 Å². The van der Waals surface area contributed by atoms with Crippen molar-refractivity contribution >= 4 is 11.7 Å². The van der Waals surface area contributed by atoms with Gasteiger partial charge in [0.15, 0.2) is 5.76 Å². The number of amides is 1. The van der Waals surface area contributed by atoms with Crippen LogP contribution in [0.4, 0.5) is 5.82 Å². The summed E-state index contributed by atoms with van der Waals surface area (Å²) in [5.74, 6) is 1.19. The maximum absolute atomic E-state index is 12.6. The number of aromatic nitrogens is 2. The van der Waals surface area contributed by atoms with Gasteiger partial charge in [0.05, 0.1) is 6.10 Å². The molecule has 0 saturated carbocycles. The van der Waals surface area contributed by atoms with Crippen molar-refractivity contribution in [3.63, 3.8) is 0 Å². The summed E-state index contributed by atoms with van der Waals surface area (Å²) in [5, 5.41) is 0. The highest BCUT2D eigenvalue weighted by Gasteiger charge is 2.25. The molecule has 1 amide bonds. The van der Waals surface area contributed by atoms with Crippen LogP contribution in [0.1, 0.15) is 30.2 Å². The summed E-state index contributed by atoms with van der Waals surface area (Å²) in [5.41, 5.74) is -0.818. The van der Waals surface area contributed by atoms with E-state index in [2.05, 4.69) is 4.98 Å². The molecule has 0 atom stereocenters. The normalized spacial score (nSPS) is 14.8. The molecule has 0 unspecified atom stereocenters. The molecule has 3 heterocycles. The van der Waals surface area contributed by atoms with E-state index in [0.717, 1.165) is 4.57 Å². The number of nitrogens with one attached hydrogen (secondary N) is 1. The summed E-state index contributed by atoms with van der Waals surface area (Å²) in [6.45, 7) is 6.16. The van der Waals surface area contributed by atoms with Gasteiger partial charge >= 0.3 is 5.69 Å². The number of ether oxygens (including phenoxy) is 1. The fourth-order valence-corrected chi connectivity index (χ4v) is 2.84. The lowest BCUT2D eigenvalue weighted by Crippen LogP contribution is -2.50. The monoisotopic (exact) mass is 376 g/mol. The Kier molecular flexibility index (Phi) is 5.50. The molecule has 0 aliphatic carbocycles. The highest BCUT2D eigenvalue weighted by Crippen LogP contribution is 2.16. The first kappa shape index (κ1) is 19.0. The van der Waals surface area contributed by atoms with E-state index in [-0.39, 0.29) is 23.3 Å². The van der Waals surface area contributed by atoms with Crippen molar-refractivity contribution in [2.75, 3.05) is 31.1 Å². The fourth-order valence-electron chi connectivity index (χ4n) is 2.84. The zero-order valence-corrected chi connectivity index (χ0v) is 15.7. The van der Waals surface area contributed by atoms with Crippen molar-refractivity contribution in [1.82, 2.24) is 14.5 Å². The quantitative estimate of drug-likeness (QED) is 0.818. The van der Waals surface area contributed by atoms with Crippen molar-refractivity contribution in [1.29, 1.82) is 0 Å². The van der Waals surface area contributed by atoms with E-state index < -0.39 is 5.69 Å². The van der Waals surface area contributed by atoms with Gasteiger partial charge in [0.2, 0.25) is 0 Å². The minimum atomic E-state index is -0.456. The number of H-pyrrole nitrogens is 1. The van der Waals surface area contributed by atoms with E-state index in [1.54, 1.807) is 17.0 Å². The second-order valence-electron chi connectivity index (χ2n) is 6.76. The summed E-state index contributed by atoms with van der Waals surface area (Å²) in [6.07, 6.45) is 0.0866. The van der Waals surface area contributed by atoms with Gasteiger partial charge in [-0.25, -0.2) is 4.79 Å². The van der Waals surface area contributed by atoms with Gasteiger partial charge in [0, 0.05) is 39.3 Å². The summed E-state index contributed by atoms with van der Waals surface area (Å²) in [6, 6.07) is 4.80. The Morgan fingerprint density at radius 3 is 2.56 bits per heavy atom. The van der Waals surface area contributed by atoms with Crippen LogP contribution in [0.25, 0.3) is 0 Å². The first-order valence-electron chi connectivity index (χ1n) is 8.90. The topological polar surface area (TPSA) is 101 Å². The van der Waals surface area contributed by atoms with Crippen LogP contribution in [-0.4, -0.2) is 52.6 Å². The van der Waals surface area contributed by atoms with Gasteiger partial charge in [-0.15, -0.1) is 0 Å². The number of aromatic amines is 1. The second-order valence-corrected chi connectivity index (χ2v) is 6.76. The summed E-state index contributed by atoms with van der Waals surface area (Å²) < 4.78 is 12.1. The minimum Gasteiger partial charge on any atom is -0.453 e. The van der Waals surface area contributed by atoms with Crippen LogP contribution < -0.4 is 16.1 Å². The number of hydrogen-bond acceptors (Lipinski definition) is 6. The predicted molar refractivity (Wildman–Crippen MR) is 99.1 cm³/mol. The molecule has 1 aliphatic rings. The number of rotatable bonds is 5. The van der Waals surface area contributed by atoms with Gasteiger partial charge in [-0.1, -0.05) is 0 Å². The van der Waals surface area contributed by atoms with Crippen LogP contribution in [-0.2, 0) is 18.4 Å². The Balaban J connectivity index is 1.61. The molecular weight excluding hydrogens is 352 g/mol. The molecule has 1 saturated heterocycles. The van der Waals surface area contributed by atoms with Gasteiger partial charge in [0.25, 0.3) is 11.5 Å². The zero-order valence-electron chi connectivity index (χ0n) is 15.7. The number of carbonyl (C=O) groups excluding carboxylic acids is 1. The highest BCUT2D eigenvalue weighted by atomic mass is 16.5. The Hall–Kier alpha value is -2.81. The minimum absolute atomic E-state index is 0.0866. The highest BCUT2D eigenvalue weighted by molar-refractivity contribution is 5.91. The van der Waals surface area contributed by atoms with Crippen LogP contribution in [0.15, 0.2) is 32.2 Å². The molecule has 146 valence electrons. The molecule has 0 spiro atoms. The van der Waals surface area contributed by atoms with E-state index in [1.165, 1.54) is 13.1 Å². The molecule has 1 aliphatic heterocycles. The number of nitrogens with zero attached hydrogens (tertiary/aromatic N) is 3. The molecule has 9 nitrogen and oxygen atoms in total. The first-order chi connectivity index (χ1) is 12.8. The molecule has 0 radical (unpaired) electrons. The van der Waals surface area contributed by atoms with Crippen molar-refractivity contribution in [3.8, 4) is 0 Å². The molecular formula is C18H24N4O5. The Bertz CT molecular complexity index is 887. The average Bonchev–Trinajstić information content (AvgIpc) is 3.12. The summed E-state index contributed by atoms with van der Waals surface area (Å²) in [7, 11) is 1.42. The first-order valence-corrected chi connectivity index (χ1v) is 8.90. The third-order valence-corrected chi connectivity index (χ3v) is 4.47. The van der Waals surface area contributed by atoms with E-state index in [4.69, 9.17) is 9.15 Å². The standard InChI is InChI=1S/C18H24N4O5/c1-12(2)26-11-13-4-5-14(27-13)17(24)22-8-6-21(7-9-22)15-10-16(23)20(3)18(25)19-15/h4-5,10,12H,6-9,11H2,1-3H3,(H,19,25). The summed E-state index contributed by atoms with van der Waals surface area (Å²) in [4.78, 5) is 42.4. The lowest BCUT2D eigenvalue weighted by atomic mass is 10.3. The van der Waals surface area contributed by atoms with Crippen LogP contribution >= 0.6 is 0 Å². The van der Waals surface area contributed by atoms with Crippen LogP contribution in [0.3, 0.4) is 0 Å². The lowest BCUT2D eigenvalue weighted by Gasteiger charge is -2.35. The van der Waals surface area contributed by atoms with Gasteiger partial charge in [0.1, 0.15) is 18.2 Å². The molecule has 2 aromatic rings. The number of hydrogen-bond donors (Lipinski definition) is 1. The zero-order chi connectivity index (χ0) is 19.6. The molecule has 27 heavy (non-hydrogen) atoms. The molecule has 0 aromatic carbocycles. The summed E-state index contributed by atoms with van der Waals surface area (Å²) >= 11 is 0. The fraction of sp³-hybridized carbons (Fsp3) is 0.500. The average molecular weight is 376 g/mol. The molecule has 0 bridgehead atoms. The Labute approximate surface area is 156 Å². The molecule has 1 N–H and O–H groups in total. The maximum Gasteiger partial charge on any atom is 0.329 e. The largest absolute Gasteiger partial charge is 0.453 e. The Morgan fingerprint density at radius 2 is 1.93 bits per heavy atom. The van der Waals surface area contributed by atoms with Crippen molar-refractivity contribution in [3.05, 3.63) is 50.6 Å². The SMILES string of the molecule is CC(C)OCc1ccc(C(=O)N2CCN(c3cc(=O)n(C)c(=O)[nH]3)CC2)o1. The van der Waals surface area contributed by atoms with E-state index >= 15 is 0 Å². The Morgan fingerprint density at radius 1 is 1.22 bits per heavy atom. The van der Waals surface area contributed by atoms with Gasteiger partial charge in [-0.3, -0.25) is 19.1 Å². The third-order valence-electron chi connectivity index (χ3n) is 4.47. The van der Waals surface area contributed by atoms with Gasteiger partial charge in [-0.2, -0.15) is 0 Å². The van der Waals surface area contributed by atoms with Gasteiger partial charge < -0.3 is 19.0 Å². The van der Waals surface area contributed by atoms with Crippen LogP contribution in [0, 0.1) is 0 Å². The van der Waals surface area contributed by atoms with E-state index in [1.807, 2.05) is 18.7 Å². The smallest absolute Gasteiger partial charge is 0.329 e. The van der Waals surface area contributed by atoms with Crippen LogP contribution in [0.5, 0.6) is 0 Å². The van der Waals surface area contributed by atoms with Crippen molar-refractivity contribution in [2.45, 2.75) is 26.6 Å². The van der Waals surface area contributed by atoms with E-state index in [0.29, 0.717) is 44.4 Å². The number of furan rings is 1. The van der Waals surface area contributed by atoms with E-state index in [9.17, 15) is 14.4 Å². The number of carbonyl (C=O) groups is 1. The lowest BCUT2D eigenvalue weighted by molar-refractivity contribution is 0.0521. The number of piperazine rings is 1. The third kappa shape index (κ3) is 4.30. The van der Waals surface area contributed by atoms with Crippen molar-refractivity contribution in [2.24, 2.45) is 7.05 Å². The van der Waals surface area contributed by atoms with Crippen molar-refractivity contribution < 1.29 is 13.9 Å². The maximum atomic E-state index is 12.6. The number of anilines is 1. The molecule has 9 heteroatoms. The molecule has 1 fully saturated rings. The molecule has 3 rings (SSSR count). The predicted octanol–water partition coefficient (Wildman–Crippen LogP) is 0.554.